The van der Waals surface area contributed by atoms with E-state index in [1.54, 1.807) is 0 Å². The van der Waals surface area contributed by atoms with Gasteiger partial charge in [-0.1, -0.05) is 0 Å². The Balaban J connectivity index is 2.08. The van der Waals surface area contributed by atoms with Gasteiger partial charge in [-0.2, -0.15) is 8.42 Å². The highest BCUT2D eigenvalue weighted by Crippen LogP contribution is 2.25. The summed E-state index contributed by atoms with van der Waals surface area (Å²) in [6.07, 6.45) is -8.07. The van der Waals surface area contributed by atoms with Crippen LogP contribution in [0.2, 0.25) is 0 Å². The molecule has 1 fully saturated rings. The molecule has 25 heavy (non-hydrogen) atoms. The molecule has 1 aromatic carbocycles. The molecule has 140 valence electrons. The standard InChI is InChI=1S/C13H16O11S/c14-9-8(5-22-25(19,20)21)24-13(11(16)10(9)15)23-7-3-1-6(2-4-7)12(17)18/h1-4,8-11,13-16H,5H2,(H,17,18)(H,19,20,21). The molecule has 0 bridgehead atoms. The largest absolute Gasteiger partial charge is 0.478 e. The van der Waals surface area contributed by atoms with Gasteiger partial charge in [0.1, 0.15) is 30.2 Å². The van der Waals surface area contributed by atoms with Crippen molar-refractivity contribution in [2.45, 2.75) is 30.7 Å². The lowest BCUT2D eigenvalue weighted by molar-refractivity contribution is -0.276. The molecule has 0 radical (unpaired) electrons. The number of hydrogen-bond donors (Lipinski definition) is 5. The molecule has 2 rings (SSSR count). The average molecular weight is 380 g/mol. The maximum absolute atomic E-state index is 10.8. The summed E-state index contributed by atoms with van der Waals surface area (Å²) in [5.74, 6) is -1.06. The van der Waals surface area contributed by atoms with Crippen molar-refractivity contribution in [3.63, 3.8) is 0 Å². The fourth-order valence-electron chi connectivity index (χ4n) is 2.11. The molecule has 0 aliphatic carbocycles. The van der Waals surface area contributed by atoms with Crippen molar-refractivity contribution in [1.82, 2.24) is 0 Å². The lowest BCUT2D eigenvalue weighted by Gasteiger charge is -2.39. The summed E-state index contributed by atoms with van der Waals surface area (Å²) >= 11 is 0. The lowest BCUT2D eigenvalue weighted by atomic mass is 9.99. The molecule has 0 spiro atoms. The molecule has 5 N–H and O–H groups in total. The van der Waals surface area contributed by atoms with Crippen LogP contribution in [0.5, 0.6) is 5.75 Å². The van der Waals surface area contributed by atoms with Crippen LogP contribution in [-0.4, -0.2) is 76.7 Å². The van der Waals surface area contributed by atoms with E-state index in [2.05, 4.69) is 4.18 Å². The summed E-state index contributed by atoms with van der Waals surface area (Å²) in [4.78, 5) is 10.8. The van der Waals surface area contributed by atoms with Crippen molar-refractivity contribution in [2.75, 3.05) is 6.61 Å². The first kappa shape index (κ1) is 19.5. The number of rotatable bonds is 6. The Morgan fingerprint density at radius 2 is 1.68 bits per heavy atom. The second-order valence-electron chi connectivity index (χ2n) is 5.17. The van der Waals surface area contributed by atoms with E-state index in [0.717, 1.165) is 0 Å². The van der Waals surface area contributed by atoms with Crippen LogP contribution in [0, 0.1) is 0 Å². The zero-order chi connectivity index (χ0) is 18.8. The highest BCUT2D eigenvalue weighted by molar-refractivity contribution is 7.80. The molecule has 11 nitrogen and oxygen atoms in total. The predicted octanol–water partition coefficient (Wildman–Crippen LogP) is -1.61. The Morgan fingerprint density at radius 3 is 2.20 bits per heavy atom. The molecule has 0 amide bonds. The van der Waals surface area contributed by atoms with Gasteiger partial charge in [0.05, 0.1) is 12.2 Å². The van der Waals surface area contributed by atoms with Crippen molar-refractivity contribution >= 4 is 16.4 Å². The molecule has 5 atom stereocenters. The lowest BCUT2D eigenvalue weighted by Crippen LogP contribution is -2.60. The van der Waals surface area contributed by atoms with Crippen LogP contribution < -0.4 is 4.74 Å². The Morgan fingerprint density at radius 1 is 1.08 bits per heavy atom. The van der Waals surface area contributed by atoms with Gasteiger partial charge < -0.3 is 29.9 Å². The smallest absolute Gasteiger partial charge is 0.397 e. The predicted molar refractivity (Wildman–Crippen MR) is 78.2 cm³/mol. The first-order valence-electron chi connectivity index (χ1n) is 6.90. The third kappa shape index (κ3) is 5.09. The quantitative estimate of drug-likeness (QED) is 0.358. The van der Waals surface area contributed by atoms with Crippen molar-refractivity contribution < 1.29 is 51.8 Å². The van der Waals surface area contributed by atoms with Crippen molar-refractivity contribution in [1.29, 1.82) is 0 Å². The van der Waals surface area contributed by atoms with Gasteiger partial charge >= 0.3 is 16.4 Å². The van der Waals surface area contributed by atoms with Crippen LogP contribution in [0.3, 0.4) is 0 Å². The normalized spacial score (nSPS) is 30.0. The van der Waals surface area contributed by atoms with Crippen molar-refractivity contribution in [3.05, 3.63) is 29.8 Å². The van der Waals surface area contributed by atoms with Crippen LogP contribution in [0.4, 0.5) is 0 Å². The second kappa shape index (κ2) is 7.61. The van der Waals surface area contributed by atoms with E-state index in [4.69, 9.17) is 19.1 Å². The van der Waals surface area contributed by atoms with Crippen LogP contribution in [0.25, 0.3) is 0 Å². The zero-order valence-electron chi connectivity index (χ0n) is 12.5. The van der Waals surface area contributed by atoms with E-state index in [1.807, 2.05) is 0 Å². The van der Waals surface area contributed by atoms with Crippen molar-refractivity contribution in [2.24, 2.45) is 0 Å². The average Bonchev–Trinajstić information content (AvgIpc) is 2.54. The molecule has 1 aromatic rings. The van der Waals surface area contributed by atoms with E-state index >= 15 is 0 Å². The molecule has 1 heterocycles. The van der Waals surface area contributed by atoms with Gasteiger partial charge in [0.2, 0.25) is 6.29 Å². The van der Waals surface area contributed by atoms with Gasteiger partial charge in [0.15, 0.2) is 0 Å². The SMILES string of the molecule is O=C(O)c1ccc(OC2OC(COS(=O)(=O)O)C(O)C(O)C2O)cc1. The first-order valence-corrected chi connectivity index (χ1v) is 8.26. The minimum atomic E-state index is -4.80. The number of aliphatic hydroxyl groups excluding tert-OH is 3. The number of carboxylic acids is 1. The van der Waals surface area contributed by atoms with Gasteiger partial charge in [-0.05, 0) is 24.3 Å². The van der Waals surface area contributed by atoms with Gasteiger partial charge in [-0.15, -0.1) is 0 Å². The molecular weight excluding hydrogens is 364 g/mol. The van der Waals surface area contributed by atoms with Gasteiger partial charge in [-0.3, -0.25) is 4.55 Å². The highest BCUT2D eigenvalue weighted by atomic mass is 32.3. The second-order valence-corrected chi connectivity index (χ2v) is 6.27. The summed E-state index contributed by atoms with van der Waals surface area (Å²) < 4.78 is 44.3. The number of ether oxygens (including phenoxy) is 2. The summed E-state index contributed by atoms with van der Waals surface area (Å²) in [6, 6.07) is 5.02. The number of carbonyl (C=O) groups is 1. The fraction of sp³-hybridized carbons (Fsp3) is 0.462. The molecule has 1 aliphatic rings. The zero-order valence-corrected chi connectivity index (χ0v) is 13.3. The molecule has 5 unspecified atom stereocenters. The first-order chi connectivity index (χ1) is 11.6. The van der Waals surface area contributed by atoms with Gasteiger partial charge in [0.25, 0.3) is 0 Å². The van der Waals surface area contributed by atoms with E-state index in [1.165, 1.54) is 24.3 Å². The Bertz CT molecular complexity index is 701. The van der Waals surface area contributed by atoms with E-state index in [0.29, 0.717) is 0 Å². The van der Waals surface area contributed by atoms with Crippen LogP contribution in [-0.2, 0) is 19.3 Å². The number of aromatic carboxylic acids is 1. The van der Waals surface area contributed by atoms with Crippen LogP contribution >= 0.6 is 0 Å². The monoisotopic (exact) mass is 380 g/mol. The topological polar surface area (TPSA) is 180 Å². The summed E-state index contributed by atoms with van der Waals surface area (Å²) in [7, 11) is -4.80. The summed E-state index contributed by atoms with van der Waals surface area (Å²) in [5, 5.41) is 38.3. The Kier molecular flexibility index (Phi) is 5.95. The van der Waals surface area contributed by atoms with Gasteiger partial charge in [0, 0.05) is 0 Å². The number of hydrogen-bond acceptors (Lipinski definition) is 9. The molecule has 12 heteroatoms. The van der Waals surface area contributed by atoms with E-state index in [-0.39, 0.29) is 11.3 Å². The maximum Gasteiger partial charge on any atom is 0.397 e. The fourth-order valence-corrected chi connectivity index (χ4v) is 2.42. The van der Waals surface area contributed by atoms with E-state index in [9.17, 15) is 28.5 Å². The van der Waals surface area contributed by atoms with Crippen molar-refractivity contribution in [3.8, 4) is 5.75 Å². The van der Waals surface area contributed by atoms with Crippen LogP contribution in [0.1, 0.15) is 10.4 Å². The molecule has 1 saturated heterocycles. The van der Waals surface area contributed by atoms with Crippen LogP contribution in [0.15, 0.2) is 24.3 Å². The Labute approximate surface area is 141 Å². The third-order valence-corrected chi connectivity index (χ3v) is 3.84. The highest BCUT2D eigenvalue weighted by Gasteiger charge is 2.45. The summed E-state index contributed by atoms with van der Waals surface area (Å²) in [5.41, 5.74) is -0.00709. The molecule has 0 saturated carbocycles. The van der Waals surface area contributed by atoms with Gasteiger partial charge in [-0.25, -0.2) is 8.98 Å². The molecular formula is C13H16O11S. The summed E-state index contributed by atoms with van der Waals surface area (Å²) in [6.45, 7) is -0.832. The minimum absolute atomic E-state index is 0.00709. The number of aliphatic hydroxyl groups is 3. The number of benzene rings is 1. The third-order valence-electron chi connectivity index (χ3n) is 3.40. The molecule has 0 aromatic heterocycles. The molecule has 1 aliphatic heterocycles. The Hall–Kier alpha value is -1.80. The van der Waals surface area contributed by atoms with E-state index < -0.39 is 53.7 Å². The maximum atomic E-state index is 10.8. The minimum Gasteiger partial charge on any atom is -0.478 e. The number of carboxylic acid groups (broad SMARTS) is 1.